The van der Waals surface area contributed by atoms with Crippen molar-refractivity contribution in [1.82, 2.24) is 20.9 Å². The number of carbonyl (C=O) groups is 4. The second kappa shape index (κ2) is 17.1. The van der Waals surface area contributed by atoms with E-state index in [2.05, 4.69) is 38.6 Å². The molecule has 41 heavy (non-hydrogen) atoms. The number of hydrogen-bond donors (Lipinski definition) is 10. The van der Waals surface area contributed by atoms with Gasteiger partial charge in [0.05, 0.1) is 6.04 Å². The highest BCUT2D eigenvalue weighted by atomic mass is 32.1. The molecule has 3 amide bonds. The highest BCUT2D eigenvalue weighted by molar-refractivity contribution is 7.80. The maximum atomic E-state index is 13.4. The molecule has 2 aromatic rings. The first kappa shape index (κ1) is 33.4. The van der Waals surface area contributed by atoms with E-state index < -0.39 is 47.9 Å². The second-order valence-electron chi connectivity index (χ2n) is 9.61. The van der Waals surface area contributed by atoms with E-state index in [9.17, 15) is 24.3 Å². The lowest BCUT2D eigenvalue weighted by atomic mass is 10.0. The molecule has 2 rings (SSSR count). The van der Waals surface area contributed by atoms with E-state index in [1.54, 1.807) is 6.20 Å². The largest absolute Gasteiger partial charge is 0.480 e. The van der Waals surface area contributed by atoms with Crippen LogP contribution in [0.15, 0.2) is 35.5 Å². The van der Waals surface area contributed by atoms with Gasteiger partial charge < -0.3 is 49.0 Å². The van der Waals surface area contributed by atoms with Gasteiger partial charge in [-0.15, -0.1) is 0 Å². The number of aromatic nitrogens is 1. The van der Waals surface area contributed by atoms with Crippen LogP contribution in [0.25, 0.3) is 10.9 Å². The molecule has 0 aliphatic heterocycles. The summed E-state index contributed by atoms with van der Waals surface area (Å²) in [7, 11) is 0. The lowest BCUT2D eigenvalue weighted by Gasteiger charge is -2.24. The van der Waals surface area contributed by atoms with Crippen LogP contribution in [0.3, 0.4) is 0 Å². The summed E-state index contributed by atoms with van der Waals surface area (Å²) in [6.45, 7) is 0.671. The van der Waals surface area contributed by atoms with Crippen LogP contribution in [0.2, 0.25) is 0 Å². The number of H-pyrrole nitrogens is 1. The third-order valence-corrected chi connectivity index (χ3v) is 6.78. The number of nitrogens with one attached hydrogen (secondary N) is 4. The van der Waals surface area contributed by atoms with E-state index in [0.717, 1.165) is 16.5 Å². The summed E-state index contributed by atoms with van der Waals surface area (Å²) in [5.74, 6) is -3.39. The number of aromatic amines is 1. The van der Waals surface area contributed by atoms with Crippen molar-refractivity contribution in [2.45, 2.75) is 62.7 Å². The van der Waals surface area contributed by atoms with Gasteiger partial charge in [-0.2, -0.15) is 12.6 Å². The number of fused-ring (bicyclic) bond motifs is 1. The third kappa shape index (κ3) is 10.9. The van der Waals surface area contributed by atoms with Crippen LogP contribution < -0.4 is 38.9 Å². The molecule has 13 N–H and O–H groups in total. The number of nitrogens with two attached hydrogens (primary N) is 4. The van der Waals surface area contributed by atoms with Gasteiger partial charge >= 0.3 is 5.97 Å². The van der Waals surface area contributed by atoms with Crippen LogP contribution in [-0.2, 0) is 25.6 Å². The number of rotatable bonds is 18. The zero-order valence-corrected chi connectivity index (χ0v) is 23.7. The quantitative estimate of drug-likeness (QED) is 0.0426. The van der Waals surface area contributed by atoms with Crippen molar-refractivity contribution >= 4 is 53.2 Å². The number of thiol groups is 1. The van der Waals surface area contributed by atoms with Gasteiger partial charge in [0.1, 0.15) is 18.1 Å². The standard InChI is InChI=1S/C26H41N9O5S/c27-10-4-3-7-17(28)22(36)34-20(12-15-13-32-18-8-2-1-6-16(15)18)23(37)35-21(14-41)24(38)33-19(25(39)40)9-5-11-31-26(29)30/h1-2,6,8,13,17,19-21,32,41H,3-5,7,9-12,14,27-28H2,(H,33,38)(H,34,36)(H,35,37)(H,39,40)(H4,29,30,31). The van der Waals surface area contributed by atoms with Crippen LogP contribution in [0.5, 0.6) is 0 Å². The van der Waals surface area contributed by atoms with Crippen molar-refractivity contribution < 1.29 is 24.3 Å². The Hall–Kier alpha value is -3.82. The molecule has 0 aliphatic rings. The number of carboxylic acid groups (broad SMARTS) is 1. The number of carboxylic acids is 1. The Kier molecular flexibility index (Phi) is 13.9. The molecule has 1 aromatic carbocycles. The number of aliphatic imine (C=N–C) groups is 1. The molecule has 1 aromatic heterocycles. The maximum Gasteiger partial charge on any atom is 0.326 e. The topological polar surface area (TPSA) is 257 Å². The summed E-state index contributed by atoms with van der Waals surface area (Å²) >= 11 is 4.18. The lowest BCUT2D eigenvalue weighted by Crippen LogP contribution is -2.58. The summed E-state index contributed by atoms with van der Waals surface area (Å²) < 4.78 is 0. The second-order valence-corrected chi connectivity index (χ2v) is 9.97. The number of benzene rings is 1. The fraction of sp³-hybridized carbons (Fsp3) is 0.500. The van der Waals surface area contributed by atoms with Crippen molar-refractivity contribution in [2.75, 3.05) is 18.8 Å². The Balaban J connectivity index is 2.16. The van der Waals surface area contributed by atoms with Gasteiger partial charge in [-0.05, 0) is 43.9 Å². The predicted octanol–water partition coefficient (Wildman–Crippen LogP) is -1.31. The molecule has 4 atom stereocenters. The lowest BCUT2D eigenvalue weighted by molar-refractivity contribution is -0.142. The number of nitrogens with zero attached hydrogens (tertiary/aromatic N) is 1. The zero-order chi connectivity index (χ0) is 30.4. The Morgan fingerprint density at radius 3 is 2.24 bits per heavy atom. The minimum absolute atomic E-state index is 0.0619. The van der Waals surface area contributed by atoms with Crippen molar-refractivity contribution in [3.63, 3.8) is 0 Å². The Morgan fingerprint density at radius 2 is 1.59 bits per heavy atom. The van der Waals surface area contributed by atoms with Crippen LogP contribution in [0.1, 0.15) is 37.7 Å². The number of hydrogen-bond acceptors (Lipinski definition) is 8. The number of carbonyl (C=O) groups excluding carboxylic acids is 3. The Morgan fingerprint density at radius 1 is 0.927 bits per heavy atom. The van der Waals surface area contributed by atoms with Crippen LogP contribution in [0.4, 0.5) is 0 Å². The predicted molar refractivity (Wildman–Crippen MR) is 160 cm³/mol. The highest BCUT2D eigenvalue weighted by Gasteiger charge is 2.30. The number of aliphatic carboxylic acids is 1. The molecule has 0 saturated heterocycles. The maximum absolute atomic E-state index is 13.4. The normalized spacial score (nSPS) is 13.9. The fourth-order valence-corrected chi connectivity index (χ4v) is 4.40. The van der Waals surface area contributed by atoms with Gasteiger partial charge in [0.15, 0.2) is 5.96 Å². The third-order valence-electron chi connectivity index (χ3n) is 6.41. The van der Waals surface area contributed by atoms with Gasteiger partial charge in [0.25, 0.3) is 0 Å². The van der Waals surface area contributed by atoms with Crippen LogP contribution >= 0.6 is 12.6 Å². The van der Waals surface area contributed by atoms with E-state index in [1.165, 1.54) is 0 Å². The average molecular weight is 592 g/mol. The number of unbranched alkanes of at least 4 members (excludes halogenated alkanes) is 1. The molecule has 14 nitrogen and oxygen atoms in total. The molecule has 1 heterocycles. The molecule has 0 fully saturated rings. The van der Waals surface area contributed by atoms with Gasteiger partial charge in [0, 0.05) is 35.8 Å². The molecule has 0 spiro atoms. The van der Waals surface area contributed by atoms with Gasteiger partial charge in [-0.25, -0.2) is 4.79 Å². The first-order valence-corrected chi connectivity index (χ1v) is 14.0. The molecular formula is C26H41N9O5S. The summed E-state index contributed by atoms with van der Waals surface area (Å²) in [6.07, 6.45) is 3.99. The summed E-state index contributed by atoms with van der Waals surface area (Å²) in [6, 6.07) is 3.17. The number of guanidine groups is 1. The van der Waals surface area contributed by atoms with Crippen LogP contribution in [0, 0.1) is 0 Å². The molecular weight excluding hydrogens is 550 g/mol. The summed E-state index contributed by atoms with van der Waals surface area (Å²) in [5.41, 5.74) is 23.8. The van der Waals surface area contributed by atoms with E-state index >= 15 is 0 Å². The Bertz CT molecular complexity index is 1200. The summed E-state index contributed by atoms with van der Waals surface area (Å²) in [5, 5.41) is 18.1. The van der Waals surface area contributed by atoms with Crippen molar-refractivity contribution in [2.24, 2.45) is 27.9 Å². The highest BCUT2D eigenvalue weighted by Crippen LogP contribution is 2.19. The molecule has 15 heteroatoms. The van der Waals surface area contributed by atoms with E-state index in [-0.39, 0.29) is 31.1 Å². The van der Waals surface area contributed by atoms with Crippen molar-refractivity contribution in [1.29, 1.82) is 0 Å². The van der Waals surface area contributed by atoms with Crippen LogP contribution in [-0.4, -0.2) is 82.8 Å². The monoisotopic (exact) mass is 591 g/mol. The van der Waals surface area contributed by atoms with E-state index in [4.69, 9.17) is 22.9 Å². The summed E-state index contributed by atoms with van der Waals surface area (Å²) in [4.78, 5) is 57.9. The van der Waals surface area contributed by atoms with Crippen molar-refractivity contribution in [3.05, 3.63) is 36.0 Å². The smallest absolute Gasteiger partial charge is 0.326 e. The fourth-order valence-electron chi connectivity index (χ4n) is 4.15. The average Bonchev–Trinajstić information content (AvgIpc) is 3.35. The van der Waals surface area contributed by atoms with E-state index in [1.807, 2.05) is 24.3 Å². The van der Waals surface area contributed by atoms with Gasteiger partial charge in [-0.3, -0.25) is 19.4 Å². The van der Waals surface area contributed by atoms with Gasteiger partial charge in [-0.1, -0.05) is 24.6 Å². The number of para-hydroxylation sites is 1. The minimum atomic E-state index is -1.25. The Labute approximate surface area is 243 Å². The first-order chi connectivity index (χ1) is 19.6. The van der Waals surface area contributed by atoms with Crippen molar-refractivity contribution in [3.8, 4) is 0 Å². The molecule has 0 aliphatic carbocycles. The minimum Gasteiger partial charge on any atom is -0.480 e. The van der Waals surface area contributed by atoms with E-state index in [0.29, 0.717) is 32.2 Å². The SMILES string of the molecule is NCCCCC(N)C(=O)NC(Cc1c[nH]c2ccccc12)C(=O)NC(CS)C(=O)NC(CCCN=C(N)N)C(=O)O. The number of amides is 3. The van der Waals surface area contributed by atoms with Gasteiger partial charge in [0.2, 0.25) is 17.7 Å². The molecule has 0 saturated carbocycles. The molecule has 226 valence electrons. The molecule has 0 bridgehead atoms. The molecule has 0 radical (unpaired) electrons. The zero-order valence-electron chi connectivity index (χ0n) is 22.8. The molecule has 4 unspecified atom stereocenters. The first-order valence-electron chi connectivity index (χ1n) is 13.4.